The van der Waals surface area contributed by atoms with E-state index in [9.17, 15) is 9.59 Å². The van der Waals surface area contributed by atoms with Crippen molar-refractivity contribution in [2.45, 2.75) is 0 Å². The number of hydrogen-bond acceptors (Lipinski definition) is 3. The Kier molecular flexibility index (Phi) is 4.30. The molecule has 0 aliphatic carbocycles. The van der Waals surface area contributed by atoms with E-state index in [0.29, 0.717) is 0 Å². The van der Waals surface area contributed by atoms with E-state index in [1.54, 1.807) is 0 Å². The molecule has 0 saturated heterocycles. The van der Waals surface area contributed by atoms with Gasteiger partial charge in [-0.1, -0.05) is 0 Å². The number of carboxylic acids is 2. The van der Waals surface area contributed by atoms with Gasteiger partial charge in [0.25, 0.3) is 0 Å². The first-order chi connectivity index (χ1) is 5.13. The summed E-state index contributed by atoms with van der Waals surface area (Å²) in [6.07, 6.45) is 1.02. The van der Waals surface area contributed by atoms with Crippen molar-refractivity contribution in [3.63, 3.8) is 0 Å². The van der Waals surface area contributed by atoms with Crippen molar-refractivity contribution in [1.82, 2.24) is 0 Å². The van der Waals surface area contributed by atoms with Gasteiger partial charge in [-0.25, -0.2) is 9.59 Å². The van der Waals surface area contributed by atoms with Crippen molar-refractivity contribution in [3.05, 3.63) is 23.7 Å². The van der Waals surface area contributed by atoms with Crippen molar-refractivity contribution >= 4 is 49.7 Å². The van der Waals surface area contributed by atoms with E-state index in [1.807, 2.05) is 0 Å². The fourth-order valence-electron chi connectivity index (χ4n) is 0.643. The minimum atomic E-state index is -1.38. The van der Waals surface area contributed by atoms with Gasteiger partial charge in [0.15, 0.2) is 0 Å². The molecule has 1 heterocycles. The number of carbonyl (C=O) groups is 2. The standard InChI is InChI=1S/C6H4O5.Ca.2H/c7-5(8)3-1-2-11-4(3)6(9)10;;;/h1-2H,(H,7,8)(H,9,10);;;. The molecule has 5 nitrogen and oxygen atoms in total. The maximum atomic E-state index is 10.3. The first-order valence-corrected chi connectivity index (χ1v) is 2.67. The Morgan fingerprint density at radius 3 is 2.17 bits per heavy atom. The third-order valence-corrected chi connectivity index (χ3v) is 1.09. The van der Waals surface area contributed by atoms with Crippen molar-refractivity contribution in [2.24, 2.45) is 0 Å². The SMILES string of the molecule is O=C(O)c1ccoc1C(=O)O.[CaH2]. The van der Waals surface area contributed by atoms with Crippen LogP contribution in [0.25, 0.3) is 0 Å². The molecule has 0 amide bonds. The van der Waals surface area contributed by atoms with Crippen molar-refractivity contribution in [2.75, 3.05) is 0 Å². The predicted octanol–water partition coefficient (Wildman–Crippen LogP) is -0.240. The second-order valence-electron chi connectivity index (χ2n) is 1.77. The summed E-state index contributed by atoms with van der Waals surface area (Å²) in [4.78, 5) is 20.5. The van der Waals surface area contributed by atoms with Crippen LogP contribution < -0.4 is 0 Å². The normalized spacial score (nSPS) is 8.67. The third-order valence-electron chi connectivity index (χ3n) is 1.09. The number of carboxylic acid groups (broad SMARTS) is 2. The summed E-state index contributed by atoms with van der Waals surface area (Å²) in [5, 5.41) is 16.7. The van der Waals surface area contributed by atoms with Gasteiger partial charge in [0.05, 0.1) is 6.26 Å². The topological polar surface area (TPSA) is 87.7 Å². The molecule has 0 aromatic carbocycles. The summed E-state index contributed by atoms with van der Waals surface area (Å²) < 4.78 is 4.41. The Morgan fingerprint density at radius 1 is 1.25 bits per heavy atom. The molecule has 0 atom stereocenters. The Bertz CT molecular complexity index is 274. The third kappa shape index (κ3) is 2.23. The molecule has 0 aliphatic rings. The summed E-state index contributed by atoms with van der Waals surface area (Å²) in [5.74, 6) is -3.24. The van der Waals surface area contributed by atoms with Crippen LogP contribution in [-0.4, -0.2) is 59.9 Å². The van der Waals surface area contributed by atoms with E-state index >= 15 is 0 Å². The molecule has 0 bridgehead atoms. The Morgan fingerprint density at radius 2 is 1.83 bits per heavy atom. The van der Waals surface area contributed by atoms with E-state index in [4.69, 9.17) is 10.2 Å². The van der Waals surface area contributed by atoms with E-state index in [1.165, 1.54) is 0 Å². The number of furan rings is 1. The number of aromatic carboxylic acids is 2. The van der Waals surface area contributed by atoms with Crippen LogP contribution in [0.2, 0.25) is 0 Å². The van der Waals surface area contributed by atoms with Crippen molar-refractivity contribution in [1.29, 1.82) is 0 Å². The summed E-state index contributed by atoms with van der Waals surface area (Å²) in [5.41, 5.74) is -0.336. The predicted molar refractivity (Wildman–Crippen MR) is 41.2 cm³/mol. The minimum absolute atomic E-state index is 0. The van der Waals surface area contributed by atoms with Crippen LogP contribution in [-0.2, 0) is 0 Å². The van der Waals surface area contributed by atoms with Gasteiger partial charge < -0.3 is 14.6 Å². The summed E-state index contributed by atoms with van der Waals surface area (Å²) in [6, 6.07) is 1.09. The zero-order valence-electron chi connectivity index (χ0n) is 5.27. The number of rotatable bonds is 2. The molecule has 2 N–H and O–H groups in total. The van der Waals surface area contributed by atoms with Gasteiger partial charge in [-0.15, -0.1) is 0 Å². The molecule has 0 radical (unpaired) electrons. The second kappa shape index (κ2) is 4.49. The Balaban J connectivity index is 0.00000121. The van der Waals surface area contributed by atoms with Gasteiger partial charge in [-0.3, -0.25) is 0 Å². The van der Waals surface area contributed by atoms with E-state index in [2.05, 4.69) is 4.42 Å². The number of hydrogen-bond donors (Lipinski definition) is 2. The average molecular weight is 198 g/mol. The molecule has 0 saturated carbocycles. The first-order valence-electron chi connectivity index (χ1n) is 2.67. The molecular formula is C6H6CaO5. The maximum absolute atomic E-state index is 10.3. The summed E-state index contributed by atoms with van der Waals surface area (Å²) >= 11 is 0. The summed E-state index contributed by atoms with van der Waals surface area (Å²) in [6.45, 7) is 0. The quantitative estimate of drug-likeness (QED) is 0.640. The monoisotopic (exact) mass is 198 g/mol. The molecule has 0 unspecified atom stereocenters. The molecule has 0 fully saturated rings. The van der Waals surface area contributed by atoms with Crippen molar-refractivity contribution < 1.29 is 24.2 Å². The summed E-state index contributed by atoms with van der Waals surface area (Å²) in [7, 11) is 0. The van der Waals surface area contributed by atoms with Gasteiger partial charge in [-0.05, 0) is 6.07 Å². The van der Waals surface area contributed by atoms with Crippen molar-refractivity contribution in [3.8, 4) is 0 Å². The van der Waals surface area contributed by atoms with E-state index in [0.717, 1.165) is 12.3 Å². The molecule has 1 rings (SSSR count). The van der Waals surface area contributed by atoms with E-state index < -0.39 is 17.7 Å². The van der Waals surface area contributed by atoms with Crippen LogP contribution in [0, 0.1) is 0 Å². The van der Waals surface area contributed by atoms with Crippen LogP contribution in [0.3, 0.4) is 0 Å². The van der Waals surface area contributed by atoms with Crippen LogP contribution in [0.5, 0.6) is 0 Å². The molecule has 62 valence electrons. The Labute approximate surface area is 97.0 Å². The van der Waals surface area contributed by atoms with Gasteiger partial charge in [0.1, 0.15) is 5.56 Å². The van der Waals surface area contributed by atoms with Gasteiger partial charge >= 0.3 is 49.7 Å². The van der Waals surface area contributed by atoms with E-state index in [-0.39, 0.29) is 43.3 Å². The zero-order chi connectivity index (χ0) is 8.43. The second-order valence-corrected chi connectivity index (χ2v) is 1.77. The Hall–Kier alpha value is -0.520. The molecule has 12 heavy (non-hydrogen) atoms. The molecular weight excluding hydrogens is 192 g/mol. The first kappa shape index (κ1) is 11.5. The van der Waals surface area contributed by atoms with Crippen LogP contribution in [0.15, 0.2) is 16.7 Å². The van der Waals surface area contributed by atoms with Gasteiger partial charge in [0, 0.05) is 0 Å². The van der Waals surface area contributed by atoms with Gasteiger partial charge in [0.2, 0.25) is 5.76 Å². The molecule has 0 spiro atoms. The fraction of sp³-hybridized carbons (Fsp3) is 0. The zero-order valence-corrected chi connectivity index (χ0v) is 5.27. The van der Waals surface area contributed by atoms with Gasteiger partial charge in [-0.2, -0.15) is 0 Å². The van der Waals surface area contributed by atoms with Crippen LogP contribution >= 0.6 is 0 Å². The van der Waals surface area contributed by atoms with Crippen LogP contribution in [0.1, 0.15) is 20.9 Å². The molecule has 0 aliphatic heterocycles. The molecule has 1 aromatic heterocycles. The molecule has 1 aromatic rings. The van der Waals surface area contributed by atoms with Crippen LogP contribution in [0.4, 0.5) is 0 Å². The average Bonchev–Trinajstić information content (AvgIpc) is 2.32. The fourth-order valence-corrected chi connectivity index (χ4v) is 0.643. The molecule has 6 heteroatoms.